The van der Waals surface area contributed by atoms with Gasteiger partial charge in [-0.1, -0.05) is 68.7 Å². The summed E-state index contributed by atoms with van der Waals surface area (Å²) in [6.07, 6.45) is 11.4. The summed E-state index contributed by atoms with van der Waals surface area (Å²) in [5.41, 5.74) is 2.34. The number of carbonyl (C=O) groups excluding carboxylic acids is 1. The quantitative estimate of drug-likeness (QED) is 0.271. The van der Waals surface area contributed by atoms with Crippen molar-refractivity contribution in [2.75, 3.05) is 6.61 Å². The van der Waals surface area contributed by atoms with E-state index in [0.717, 1.165) is 18.4 Å². The molecule has 1 aromatic carbocycles. The third-order valence-corrected chi connectivity index (χ3v) is 3.19. The number of carbonyl (C=O) groups is 1. The molecule has 0 heterocycles. The maximum absolute atomic E-state index is 11.4. The van der Waals surface area contributed by atoms with Crippen molar-refractivity contribution in [1.29, 1.82) is 0 Å². The van der Waals surface area contributed by atoms with E-state index < -0.39 is 0 Å². The number of ether oxygens (including phenoxy) is 1. The van der Waals surface area contributed by atoms with Crippen molar-refractivity contribution in [3.8, 4) is 0 Å². The lowest BCUT2D eigenvalue weighted by molar-refractivity contribution is -0.137. The summed E-state index contributed by atoms with van der Waals surface area (Å²) in [5, 5.41) is 0. The van der Waals surface area contributed by atoms with Gasteiger partial charge < -0.3 is 4.74 Å². The second-order valence-electron chi connectivity index (χ2n) is 5.03. The molecule has 0 saturated heterocycles. The minimum atomic E-state index is -0.273. The third-order valence-electron chi connectivity index (χ3n) is 3.19. The van der Waals surface area contributed by atoms with Crippen molar-refractivity contribution in [2.45, 2.75) is 46.0 Å². The van der Waals surface area contributed by atoms with Gasteiger partial charge in [0.1, 0.15) is 0 Å². The average molecular weight is 286 g/mol. The van der Waals surface area contributed by atoms with Crippen LogP contribution in [0.3, 0.4) is 0 Å². The van der Waals surface area contributed by atoms with E-state index >= 15 is 0 Å². The van der Waals surface area contributed by atoms with Crippen LogP contribution in [0.2, 0.25) is 0 Å². The number of esters is 1. The van der Waals surface area contributed by atoms with Crippen molar-refractivity contribution in [2.24, 2.45) is 0 Å². The fourth-order valence-electron chi connectivity index (χ4n) is 2.09. The SMILES string of the molecule is CCCCCCC(/C=C/C(=O)OCC)=C\c1ccccc1. The number of unbranched alkanes of at least 4 members (excludes halogenated alkanes) is 3. The van der Waals surface area contributed by atoms with Gasteiger partial charge in [0.05, 0.1) is 6.61 Å². The number of allylic oxidation sites excluding steroid dienone is 2. The van der Waals surface area contributed by atoms with Crippen LogP contribution in [-0.4, -0.2) is 12.6 Å². The van der Waals surface area contributed by atoms with Crippen LogP contribution in [-0.2, 0) is 9.53 Å². The Hall–Kier alpha value is -1.83. The topological polar surface area (TPSA) is 26.3 Å². The van der Waals surface area contributed by atoms with Crippen LogP contribution in [0.4, 0.5) is 0 Å². The summed E-state index contributed by atoms with van der Waals surface area (Å²) < 4.78 is 4.93. The van der Waals surface area contributed by atoms with E-state index in [1.54, 1.807) is 0 Å². The van der Waals surface area contributed by atoms with Crippen LogP contribution in [0.15, 0.2) is 48.1 Å². The van der Waals surface area contributed by atoms with Crippen molar-refractivity contribution >= 4 is 12.0 Å². The molecule has 0 aliphatic carbocycles. The van der Waals surface area contributed by atoms with E-state index in [2.05, 4.69) is 25.1 Å². The first kappa shape index (κ1) is 17.2. The van der Waals surface area contributed by atoms with Gasteiger partial charge in [0, 0.05) is 6.08 Å². The molecule has 0 amide bonds. The van der Waals surface area contributed by atoms with Gasteiger partial charge in [-0.3, -0.25) is 0 Å². The van der Waals surface area contributed by atoms with Gasteiger partial charge in [-0.2, -0.15) is 0 Å². The Kier molecular flexibility index (Phi) is 8.94. The minimum absolute atomic E-state index is 0.273. The molecule has 1 rings (SSSR count). The molecule has 0 aromatic heterocycles. The molecule has 114 valence electrons. The van der Waals surface area contributed by atoms with Crippen molar-refractivity contribution in [3.63, 3.8) is 0 Å². The molecule has 0 radical (unpaired) electrons. The van der Waals surface area contributed by atoms with Gasteiger partial charge in [0.15, 0.2) is 0 Å². The zero-order chi connectivity index (χ0) is 15.3. The van der Waals surface area contributed by atoms with Crippen LogP contribution < -0.4 is 0 Å². The second-order valence-corrected chi connectivity index (χ2v) is 5.03. The van der Waals surface area contributed by atoms with E-state index in [9.17, 15) is 4.79 Å². The zero-order valence-electron chi connectivity index (χ0n) is 13.2. The van der Waals surface area contributed by atoms with E-state index in [-0.39, 0.29) is 5.97 Å². The Balaban J connectivity index is 2.70. The maximum atomic E-state index is 11.4. The highest BCUT2D eigenvalue weighted by Gasteiger charge is 1.98. The molecule has 0 fully saturated rings. The molecule has 2 heteroatoms. The Bertz CT molecular complexity index is 458. The molecule has 0 bridgehead atoms. The molecule has 2 nitrogen and oxygen atoms in total. The average Bonchev–Trinajstić information content (AvgIpc) is 2.50. The minimum Gasteiger partial charge on any atom is -0.463 e. The highest BCUT2D eigenvalue weighted by molar-refractivity contribution is 5.82. The first-order valence-corrected chi connectivity index (χ1v) is 7.86. The van der Waals surface area contributed by atoms with Crippen molar-refractivity contribution < 1.29 is 9.53 Å². The van der Waals surface area contributed by atoms with Crippen LogP contribution in [0, 0.1) is 0 Å². The van der Waals surface area contributed by atoms with Crippen molar-refractivity contribution in [1.82, 2.24) is 0 Å². The summed E-state index contributed by atoms with van der Waals surface area (Å²) in [6.45, 7) is 4.44. The molecule has 0 saturated carbocycles. The predicted octanol–water partition coefficient (Wildman–Crippen LogP) is 5.16. The van der Waals surface area contributed by atoms with E-state index in [0.29, 0.717) is 6.61 Å². The van der Waals surface area contributed by atoms with E-state index in [4.69, 9.17) is 4.74 Å². The fourth-order valence-corrected chi connectivity index (χ4v) is 2.09. The summed E-state index contributed by atoms with van der Waals surface area (Å²) in [6, 6.07) is 10.2. The summed E-state index contributed by atoms with van der Waals surface area (Å²) in [7, 11) is 0. The van der Waals surface area contributed by atoms with Crippen LogP contribution in [0.25, 0.3) is 6.08 Å². The normalized spacial score (nSPS) is 11.8. The Labute approximate surface area is 128 Å². The Morgan fingerprint density at radius 3 is 2.48 bits per heavy atom. The summed E-state index contributed by atoms with van der Waals surface area (Å²) >= 11 is 0. The van der Waals surface area contributed by atoms with Gasteiger partial charge in [-0.25, -0.2) is 4.79 Å². The fraction of sp³-hybridized carbons (Fsp3) is 0.421. The monoisotopic (exact) mass is 286 g/mol. The summed E-state index contributed by atoms with van der Waals surface area (Å²) in [4.78, 5) is 11.4. The molecular formula is C19H26O2. The molecule has 21 heavy (non-hydrogen) atoms. The first-order valence-electron chi connectivity index (χ1n) is 7.86. The number of hydrogen-bond acceptors (Lipinski definition) is 2. The molecule has 0 aliphatic rings. The van der Waals surface area contributed by atoms with Crippen LogP contribution in [0.5, 0.6) is 0 Å². The molecule has 0 aliphatic heterocycles. The van der Waals surface area contributed by atoms with Gasteiger partial charge in [-0.15, -0.1) is 0 Å². The second kappa shape index (κ2) is 10.9. The number of rotatable bonds is 9. The van der Waals surface area contributed by atoms with Gasteiger partial charge in [-0.05, 0) is 30.9 Å². The first-order chi connectivity index (χ1) is 10.3. The highest BCUT2D eigenvalue weighted by Crippen LogP contribution is 2.15. The standard InChI is InChI=1S/C19H26O2/c1-3-5-6-8-13-18(14-15-19(20)21-4-2)16-17-11-9-7-10-12-17/h7,9-12,14-16H,3-6,8,13H2,1-2H3/b15-14+,18-16+. The molecule has 0 unspecified atom stereocenters. The van der Waals surface area contributed by atoms with Gasteiger partial charge in [0.25, 0.3) is 0 Å². The zero-order valence-corrected chi connectivity index (χ0v) is 13.2. The maximum Gasteiger partial charge on any atom is 0.330 e. The van der Waals surface area contributed by atoms with Crippen LogP contribution >= 0.6 is 0 Å². The van der Waals surface area contributed by atoms with Gasteiger partial charge >= 0.3 is 5.97 Å². The third kappa shape index (κ3) is 8.13. The highest BCUT2D eigenvalue weighted by atomic mass is 16.5. The number of benzene rings is 1. The molecule has 0 N–H and O–H groups in total. The van der Waals surface area contributed by atoms with Crippen molar-refractivity contribution in [3.05, 3.63) is 53.6 Å². The largest absolute Gasteiger partial charge is 0.463 e. The predicted molar refractivity (Wildman–Crippen MR) is 89.0 cm³/mol. The number of hydrogen-bond donors (Lipinski definition) is 0. The van der Waals surface area contributed by atoms with E-state index in [1.165, 1.54) is 30.9 Å². The lowest BCUT2D eigenvalue weighted by Crippen LogP contribution is -1.99. The molecular weight excluding hydrogens is 260 g/mol. The lowest BCUT2D eigenvalue weighted by Gasteiger charge is -2.03. The van der Waals surface area contributed by atoms with Crippen LogP contribution in [0.1, 0.15) is 51.5 Å². The smallest absolute Gasteiger partial charge is 0.330 e. The Morgan fingerprint density at radius 2 is 1.81 bits per heavy atom. The van der Waals surface area contributed by atoms with E-state index in [1.807, 2.05) is 31.2 Å². The Morgan fingerprint density at radius 1 is 1.05 bits per heavy atom. The van der Waals surface area contributed by atoms with Gasteiger partial charge in [0.2, 0.25) is 0 Å². The molecule has 0 atom stereocenters. The molecule has 1 aromatic rings. The lowest BCUT2D eigenvalue weighted by atomic mass is 10.0. The molecule has 0 spiro atoms. The summed E-state index contributed by atoms with van der Waals surface area (Å²) in [5.74, 6) is -0.273.